The molecule has 0 aromatic heterocycles. The largest absolute Gasteiger partial charge is 0.390 e. The lowest BCUT2D eigenvalue weighted by Gasteiger charge is -2.04. The van der Waals surface area contributed by atoms with Crippen molar-refractivity contribution in [3.8, 4) is 0 Å². The van der Waals surface area contributed by atoms with E-state index < -0.39 is 0 Å². The first-order chi connectivity index (χ1) is 18.7. The predicted molar refractivity (Wildman–Crippen MR) is 159 cm³/mol. The molecular weight excluding hydrogens is 502 g/mol. The molecule has 1 aromatic rings. The SMILES string of the molecule is CCCN.CNCc1ccc(/C(N)=N/N=C(/C)N)cc1.N=CN.NCCCCCC(=O)NCC(=O)NCC=O. The van der Waals surface area contributed by atoms with Crippen molar-refractivity contribution in [1.29, 1.82) is 5.41 Å². The molecule has 0 saturated carbocycles. The molecule has 39 heavy (non-hydrogen) atoms. The first-order valence-electron chi connectivity index (χ1n) is 12.6. The third kappa shape index (κ3) is 30.2. The van der Waals surface area contributed by atoms with Crippen LogP contribution in [0.4, 0.5) is 0 Å². The van der Waals surface area contributed by atoms with Gasteiger partial charge in [0.05, 0.1) is 19.4 Å². The molecule has 0 saturated heterocycles. The maximum Gasteiger partial charge on any atom is 0.239 e. The lowest BCUT2D eigenvalue weighted by Crippen LogP contribution is -2.37. The maximum absolute atomic E-state index is 11.2. The first-order valence-corrected chi connectivity index (χ1v) is 12.6. The van der Waals surface area contributed by atoms with Crippen LogP contribution in [0.2, 0.25) is 0 Å². The first kappa shape index (κ1) is 39.6. The zero-order chi connectivity index (χ0) is 30.3. The molecule has 0 heterocycles. The summed E-state index contributed by atoms with van der Waals surface area (Å²) in [6, 6.07) is 7.81. The Labute approximate surface area is 232 Å². The Bertz CT molecular complexity index is 823. The van der Waals surface area contributed by atoms with E-state index in [1.165, 1.54) is 5.56 Å². The Balaban J connectivity index is -0.000000536. The third-order valence-corrected chi connectivity index (χ3v) is 4.17. The van der Waals surface area contributed by atoms with Crippen LogP contribution in [0, 0.1) is 5.41 Å². The van der Waals surface area contributed by atoms with Gasteiger partial charge in [-0.05, 0) is 51.9 Å². The number of carbonyl (C=O) groups is 3. The van der Waals surface area contributed by atoms with Crippen LogP contribution in [0.25, 0.3) is 0 Å². The van der Waals surface area contributed by atoms with E-state index >= 15 is 0 Å². The van der Waals surface area contributed by atoms with Crippen LogP contribution in [0.3, 0.4) is 0 Å². The number of nitrogens with two attached hydrogens (primary N) is 5. The molecule has 14 heteroatoms. The standard InChI is InChI=1S/C11H17N5.C10H19N3O3.C3H9N.CH4N2/c1-8(12)15-16-11(13)10-5-3-9(4-6-10)7-14-2;11-5-3-1-2-4-9(15)13-8-10(16)12-6-7-14;1-2-3-4;2-1-3/h3-6,14H,7H2,1-2H3,(H2,12,15)(H2,13,16);7H,1-6,8,11H2,(H,12,16)(H,13,15);2-4H2,1H3;1H,(H3,2,3). The van der Waals surface area contributed by atoms with Gasteiger partial charge in [0.25, 0.3) is 0 Å². The van der Waals surface area contributed by atoms with Crippen molar-refractivity contribution in [3.05, 3.63) is 35.4 Å². The molecule has 0 fully saturated rings. The van der Waals surface area contributed by atoms with Gasteiger partial charge < -0.3 is 49.4 Å². The van der Waals surface area contributed by atoms with Crippen molar-refractivity contribution in [3.63, 3.8) is 0 Å². The van der Waals surface area contributed by atoms with Gasteiger partial charge in [0.2, 0.25) is 11.8 Å². The lowest BCUT2D eigenvalue weighted by atomic mass is 10.1. The molecule has 0 aliphatic carbocycles. The highest BCUT2D eigenvalue weighted by molar-refractivity contribution is 5.97. The Morgan fingerprint density at radius 1 is 0.974 bits per heavy atom. The van der Waals surface area contributed by atoms with Gasteiger partial charge in [-0.1, -0.05) is 37.6 Å². The fraction of sp³-hybridized carbons (Fsp3) is 0.520. The van der Waals surface area contributed by atoms with Gasteiger partial charge in [-0.15, -0.1) is 10.2 Å². The predicted octanol–water partition coefficient (Wildman–Crippen LogP) is -0.753. The fourth-order valence-corrected chi connectivity index (χ4v) is 2.28. The van der Waals surface area contributed by atoms with Gasteiger partial charge in [-0.25, -0.2) is 0 Å². The topological polar surface area (TPSA) is 266 Å². The number of aldehydes is 1. The molecule has 0 aliphatic heterocycles. The summed E-state index contributed by atoms with van der Waals surface area (Å²) in [7, 11) is 1.91. The van der Waals surface area contributed by atoms with Crippen LogP contribution in [0.15, 0.2) is 34.5 Å². The summed E-state index contributed by atoms with van der Waals surface area (Å²) in [5.41, 5.74) is 27.9. The molecule has 1 aromatic carbocycles. The third-order valence-electron chi connectivity index (χ3n) is 4.17. The Morgan fingerprint density at radius 3 is 2.03 bits per heavy atom. The Kier molecular flexibility index (Phi) is 30.8. The summed E-state index contributed by atoms with van der Waals surface area (Å²) in [5, 5.41) is 21.2. The highest BCUT2D eigenvalue weighted by Crippen LogP contribution is 2.04. The Hall–Kier alpha value is -3.88. The maximum atomic E-state index is 11.2. The summed E-state index contributed by atoms with van der Waals surface area (Å²) < 4.78 is 0. The lowest BCUT2D eigenvalue weighted by molar-refractivity contribution is -0.126. The summed E-state index contributed by atoms with van der Waals surface area (Å²) in [6.07, 6.45) is 5.45. The van der Waals surface area contributed by atoms with Crippen LogP contribution >= 0.6 is 0 Å². The van der Waals surface area contributed by atoms with Gasteiger partial charge in [0, 0.05) is 18.5 Å². The summed E-state index contributed by atoms with van der Waals surface area (Å²) in [6.45, 7) is 5.90. The van der Waals surface area contributed by atoms with Gasteiger partial charge in [-0.3, -0.25) is 15.0 Å². The molecule has 0 unspecified atom stereocenters. The number of unbranched alkanes of at least 4 members (excludes halogenated alkanes) is 2. The number of rotatable bonds is 14. The van der Waals surface area contributed by atoms with E-state index in [2.05, 4.69) is 38.8 Å². The van der Waals surface area contributed by atoms with E-state index in [0.717, 1.165) is 50.7 Å². The molecule has 0 aliphatic rings. The number of carbonyl (C=O) groups excluding carboxylic acids is 3. The monoisotopic (exact) mass is 551 g/mol. The van der Waals surface area contributed by atoms with Crippen molar-refractivity contribution in [2.24, 2.45) is 38.9 Å². The van der Waals surface area contributed by atoms with E-state index in [-0.39, 0.29) is 24.9 Å². The average Bonchev–Trinajstić information content (AvgIpc) is 2.93. The fourth-order valence-electron chi connectivity index (χ4n) is 2.28. The van der Waals surface area contributed by atoms with Crippen LogP contribution < -0.4 is 44.6 Å². The number of nitrogens with one attached hydrogen (secondary N) is 4. The smallest absolute Gasteiger partial charge is 0.239 e. The number of nitrogens with zero attached hydrogens (tertiary/aromatic N) is 2. The number of hydrogen-bond donors (Lipinski definition) is 9. The van der Waals surface area contributed by atoms with E-state index in [1.807, 2.05) is 31.3 Å². The normalized spacial score (nSPS) is 10.3. The van der Waals surface area contributed by atoms with E-state index in [4.69, 9.17) is 28.3 Å². The van der Waals surface area contributed by atoms with Crippen LogP contribution in [0.5, 0.6) is 0 Å². The number of hydrogen-bond acceptors (Lipinski definition) is 9. The van der Waals surface area contributed by atoms with Crippen molar-refractivity contribution < 1.29 is 14.4 Å². The van der Waals surface area contributed by atoms with Crippen LogP contribution in [0.1, 0.15) is 57.1 Å². The summed E-state index contributed by atoms with van der Waals surface area (Å²) >= 11 is 0. The minimum Gasteiger partial charge on any atom is -0.390 e. The quantitative estimate of drug-likeness (QED) is 0.0462. The van der Waals surface area contributed by atoms with Crippen molar-refractivity contribution >= 4 is 36.1 Å². The zero-order valence-corrected chi connectivity index (χ0v) is 23.5. The molecular formula is C25H49N11O3. The minimum atomic E-state index is -0.359. The highest BCUT2D eigenvalue weighted by Gasteiger charge is 2.04. The molecule has 2 amide bonds. The molecule has 0 bridgehead atoms. The summed E-state index contributed by atoms with van der Waals surface area (Å²) in [5.74, 6) is 0.233. The Morgan fingerprint density at radius 2 is 1.56 bits per heavy atom. The molecule has 222 valence electrons. The molecule has 0 atom stereocenters. The zero-order valence-electron chi connectivity index (χ0n) is 23.5. The second-order valence-corrected chi connectivity index (χ2v) is 7.76. The van der Waals surface area contributed by atoms with E-state index in [0.29, 0.717) is 30.9 Å². The van der Waals surface area contributed by atoms with Crippen molar-refractivity contribution in [2.75, 3.05) is 33.2 Å². The molecule has 0 spiro atoms. The minimum absolute atomic E-state index is 0.0226. The highest BCUT2D eigenvalue weighted by atomic mass is 16.2. The number of benzene rings is 1. The van der Waals surface area contributed by atoms with Gasteiger partial charge in [0.15, 0.2) is 5.84 Å². The van der Waals surface area contributed by atoms with Crippen LogP contribution in [-0.2, 0) is 20.9 Å². The van der Waals surface area contributed by atoms with Crippen molar-refractivity contribution in [1.82, 2.24) is 16.0 Å². The van der Waals surface area contributed by atoms with E-state index in [9.17, 15) is 14.4 Å². The second-order valence-electron chi connectivity index (χ2n) is 7.76. The van der Waals surface area contributed by atoms with E-state index in [1.54, 1.807) is 6.92 Å². The molecule has 1 rings (SSSR count). The van der Waals surface area contributed by atoms with Crippen molar-refractivity contribution in [2.45, 2.75) is 52.5 Å². The van der Waals surface area contributed by atoms with Gasteiger partial charge >= 0.3 is 0 Å². The van der Waals surface area contributed by atoms with Gasteiger partial charge in [0.1, 0.15) is 12.1 Å². The molecule has 14 nitrogen and oxygen atoms in total. The molecule has 0 radical (unpaired) electrons. The molecule has 14 N–H and O–H groups in total. The number of amides is 2. The average molecular weight is 552 g/mol. The van der Waals surface area contributed by atoms with Gasteiger partial charge in [-0.2, -0.15) is 0 Å². The summed E-state index contributed by atoms with van der Waals surface area (Å²) in [4.78, 5) is 32.1. The second kappa shape index (κ2) is 30.3. The number of amidine groups is 2. The van der Waals surface area contributed by atoms with Crippen LogP contribution in [-0.4, -0.2) is 69.3 Å².